The van der Waals surface area contributed by atoms with Gasteiger partial charge >= 0.3 is 7.60 Å². The molecule has 0 aromatic carbocycles. The van der Waals surface area contributed by atoms with Gasteiger partial charge in [-0.1, -0.05) is 5.11 Å². The minimum atomic E-state index is -5.20. The predicted octanol–water partition coefficient (Wildman–Crippen LogP) is -0.796. The Morgan fingerprint density at radius 1 is 1.35 bits per heavy atom. The Balaban J connectivity index is 2.90. The molecule has 1 aromatic rings. The van der Waals surface area contributed by atoms with Crippen LogP contribution in [0.25, 0.3) is 10.4 Å². The first-order valence-corrected chi connectivity index (χ1v) is 9.71. The Bertz CT molecular complexity index is 643. The maximum absolute atomic E-state index is 11.2. The summed E-state index contributed by atoms with van der Waals surface area (Å²) in [5, 5.41) is 1.30. The molecule has 1 aromatic heterocycles. The van der Waals surface area contributed by atoms with Crippen molar-refractivity contribution in [3.05, 3.63) is 40.5 Å². The van der Waals surface area contributed by atoms with Gasteiger partial charge in [0.2, 0.25) is 0 Å². The van der Waals surface area contributed by atoms with Crippen LogP contribution in [0.1, 0.15) is 5.56 Å². The molecule has 1 heterocycles. The fourth-order valence-electron chi connectivity index (χ4n) is 1.86. The van der Waals surface area contributed by atoms with Crippen molar-refractivity contribution in [1.29, 1.82) is 0 Å². The van der Waals surface area contributed by atoms with Crippen LogP contribution in [0, 0.1) is 0 Å². The number of nitrogens with zero attached hydrogens (tertiary/aromatic N) is 4. The van der Waals surface area contributed by atoms with Crippen molar-refractivity contribution < 1.29 is 33.3 Å². The van der Waals surface area contributed by atoms with Crippen molar-refractivity contribution in [3.8, 4) is 0 Å². The van der Waals surface area contributed by atoms with Crippen LogP contribution in [0.2, 0.25) is 0 Å². The summed E-state index contributed by atoms with van der Waals surface area (Å²) in [5.41, 5.74) is 14.1. The van der Waals surface area contributed by atoms with Crippen LogP contribution in [0.3, 0.4) is 0 Å². The zero-order valence-electron chi connectivity index (χ0n) is 11.9. The molecule has 0 fully saturated rings. The molecule has 5 N–H and O–H groups in total. The molecule has 0 bridgehead atoms. The smallest absolute Gasteiger partial charge is 0.337 e. The number of pyridine rings is 1. The quantitative estimate of drug-likeness (QED) is 0.152. The van der Waals surface area contributed by atoms with Gasteiger partial charge in [-0.15, -0.1) is 0 Å². The summed E-state index contributed by atoms with van der Waals surface area (Å²) < 4.78 is 24.0. The highest BCUT2D eigenvalue weighted by Gasteiger charge is 2.37. The minimum absolute atomic E-state index is 0.142. The third-order valence-corrected chi connectivity index (χ3v) is 6.72. The summed E-state index contributed by atoms with van der Waals surface area (Å²) in [6.07, 6.45) is 2.52. The van der Waals surface area contributed by atoms with Gasteiger partial charge in [0, 0.05) is 23.6 Å². The van der Waals surface area contributed by atoms with E-state index in [1.807, 2.05) is 0 Å². The summed E-state index contributed by atoms with van der Waals surface area (Å²) in [6.45, 7) is 0.436. The van der Waals surface area contributed by atoms with Crippen LogP contribution in [0.15, 0.2) is 29.6 Å². The number of hydrogen-bond acceptors (Lipinski definition) is 5. The maximum Gasteiger partial charge on any atom is 0.337 e. The maximum atomic E-state index is 11.2. The van der Waals surface area contributed by atoms with Crippen molar-refractivity contribution >= 4 is 15.2 Å². The number of hydrogen-bond donors (Lipinski definition) is 4. The van der Waals surface area contributed by atoms with E-state index in [0.717, 1.165) is 0 Å². The number of nitrogens with two attached hydrogens (primary N) is 1. The Hall–Kier alpha value is -1.28. The topological polar surface area (TPSA) is 197 Å². The van der Waals surface area contributed by atoms with E-state index in [-0.39, 0.29) is 6.54 Å². The van der Waals surface area contributed by atoms with Crippen molar-refractivity contribution in [1.82, 2.24) is 0 Å². The van der Waals surface area contributed by atoms with Gasteiger partial charge < -0.3 is 29.9 Å². The lowest BCUT2D eigenvalue weighted by Crippen LogP contribution is -2.41. The molecule has 3 unspecified atom stereocenters. The second kappa shape index (κ2) is 8.01. The largest absolute Gasteiger partial charge is 0.778 e. The van der Waals surface area contributed by atoms with E-state index in [1.165, 1.54) is 24.5 Å². The molecular formula is C10H17N5O6P2. The van der Waals surface area contributed by atoms with E-state index in [2.05, 4.69) is 10.0 Å². The minimum Gasteiger partial charge on any atom is -0.778 e. The average Bonchev–Trinajstić information content (AvgIpc) is 2.43. The van der Waals surface area contributed by atoms with Gasteiger partial charge in [-0.2, -0.15) is 0 Å². The summed E-state index contributed by atoms with van der Waals surface area (Å²) in [6, 6.07) is 2.43. The van der Waals surface area contributed by atoms with Gasteiger partial charge in [0.25, 0.3) is 0 Å². The summed E-state index contributed by atoms with van der Waals surface area (Å²) in [7, 11) is -10.2. The van der Waals surface area contributed by atoms with E-state index < -0.39 is 33.1 Å². The number of rotatable bonds is 8. The molecule has 23 heavy (non-hydrogen) atoms. The monoisotopic (exact) mass is 365 g/mol. The molecule has 11 nitrogen and oxygen atoms in total. The fourth-order valence-corrected chi connectivity index (χ4v) is 4.27. The Labute approximate surface area is 131 Å². The number of azide groups is 1. The molecular weight excluding hydrogens is 348 g/mol. The molecule has 0 aliphatic rings. The van der Waals surface area contributed by atoms with E-state index in [1.54, 1.807) is 4.57 Å². The fraction of sp³-hybridized carbons (Fsp3) is 0.500. The predicted molar refractivity (Wildman–Crippen MR) is 78.0 cm³/mol. The van der Waals surface area contributed by atoms with Gasteiger partial charge in [0.05, 0.1) is 0 Å². The second-order valence-electron chi connectivity index (χ2n) is 4.84. The van der Waals surface area contributed by atoms with E-state index in [0.29, 0.717) is 12.1 Å². The average molecular weight is 365 g/mol. The van der Waals surface area contributed by atoms with E-state index in [4.69, 9.17) is 25.9 Å². The van der Waals surface area contributed by atoms with Crippen LogP contribution < -0.4 is 15.2 Å². The normalized spacial score (nSPS) is 16.9. The first kappa shape index (κ1) is 19.8. The zero-order chi connectivity index (χ0) is 17.7. The zero-order valence-corrected chi connectivity index (χ0v) is 13.7. The van der Waals surface area contributed by atoms with E-state index >= 15 is 0 Å². The van der Waals surface area contributed by atoms with Gasteiger partial charge in [-0.3, -0.25) is 4.57 Å². The highest BCUT2D eigenvalue weighted by atomic mass is 31.2. The molecule has 3 atom stereocenters. The first-order valence-electron chi connectivity index (χ1n) is 6.39. The van der Waals surface area contributed by atoms with Crippen LogP contribution in [0.4, 0.5) is 0 Å². The molecule has 1 rings (SSSR count). The molecule has 0 saturated carbocycles. The summed E-state index contributed by atoms with van der Waals surface area (Å²) >= 11 is 0. The van der Waals surface area contributed by atoms with Crippen LogP contribution >= 0.6 is 15.2 Å². The lowest BCUT2D eigenvalue weighted by molar-refractivity contribution is -0.698. The lowest BCUT2D eigenvalue weighted by atomic mass is 10.2. The number of aromatic nitrogens is 1. The van der Waals surface area contributed by atoms with Crippen LogP contribution in [-0.4, -0.2) is 32.7 Å². The van der Waals surface area contributed by atoms with Gasteiger partial charge in [0.1, 0.15) is 19.0 Å². The van der Waals surface area contributed by atoms with Gasteiger partial charge in [0.15, 0.2) is 18.9 Å². The first-order chi connectivity index (χ1) is 10.6. The molecule has 13 heteroatoms. The molecule has 128 valence electrons. The second-order valence-corrected chi connectivity index (χ2v) is 8.80. The van der Waals surface area contributed by atoms with Crippen LogP contribution in [0.5, 0.6) is 0 Å². The lowest BCUT2D eigenvalue weighted by Gasteiger charge is -2.27. The molecule has 0 spiro atoms. The Morgan fingerprint density at radius 2 is 1.91 bits per heavy atom. The summed E-state index contributed by atoms with van der Waals surface area (Å²) in [4.78, 5) is 40.9. The van der Waals surface area contributed by atoms with E-state index in [9.17, 15) is 14.0 Å². The Morgan fingerprint density at radius 3 is 2.30 bits per heavy atom. The third kappa shape index (κ3) is 6.39. The molecule has 0 aliphatic carbocycles. The van der Waals surface area contributed by atoms with Crippen LogP contribution in [-0.2, 0) is 22.1 Å². The molecule has 0 amide bonds. The van der Waals surface area contributed by atoms with Crippen molar-refractivity contribution in [2.45, 2.75) is 24.4 Å². The third-order valence-electron chi connectivity index (χ3n) is 3.05. The SMILES string of the molecule is [N-]=[N+]=NC(CN)C[n+]1ccc(CC(P(=O)([O-])O)P(=O)(O)O)cc1. The van der Waals surface area contributed by atoms with Crippen molar-refractivity contribution in [2.75, 3.05) is 6.54 Å². The van der Waals surface area contributed by atoms with Crippen molar-refractivity contribution in [2.24, 2.45) is 10.8 Å². The standard InChI is InChI=1S/C10H17N5O6P2/c11-6-9(13-14-12)7-15-3-1-8(2-4-15)5-10(22(16,17)18)23(19,20)21/h1-4,9-10H,5-7,11H2,(H3-,16,17,18,19,20,21). The van der Waals surface area contributed by atoms with Gasteiger partial charge in [-0.25, -0.2) is 4.57 Å². The Kier molecular flexibility index (Phi) is 6.88. The highest BCUT2D eigenvalue weighted by Crippen LogP contribution is 2.58. The molecule has 0 aliphatic heterocycles. The van der Waals surface area contributed by atoms with Crippen molar-refractivity contribution in [3.63, 3.8) is 0 Å². The molecule has 0 saturated heterocycles. The highest BCUT2D eigenvalue weighted by molar-refractivity contribution is 7.70. The summed E-state index contributed by atoms with van der Waals surface area (Å²) in [5.74, 6) is 0. The van der Waals surface area contributed by atoms with Gasteiger partial charge in [-0.05, 0) is 17.5 Å². The molecule has 0 radical (unpaired) electrons.